The molecule has 0 spiro atoms. The number of esters is 1. The van der Waals surface area contributed by atoms with Gasteiger partial charge < -0.3 is 14.7 Å². The van der Waals surface area contributed by atoms with Gasteiger partial charge in [-0.25, -0.2) is 18.3 Å². The number of methoxy groups -OCH3 is 1. The summed E-state index contributed by atoms with van der Waals surface area (Å²) in [4.78, 5) is 25.9. The van der Waals surface area contributed by atoms with Crippen molar-refractivity contribution in [2.24, 2.45) is 0 Å². The molecule has 1 N–H and O–H groups in total. The Kier molecular flexibility index (Phi) is 4.73. The van der Waals surface area contributed by atoms with E-state index in [1.165, 1.54) is 29.0 Å². The van der Waals surface area contributed by atoms with E-state index in [9.17, 15) is 23.5 Å². The quantitative estimate of drug-likeness (QED) is 0.827. The van der Waals surface area contributed by atoms with Crippen LogP contribution in [0.4, 0.5) is 8.78 Å². The zero-order chi connectivity index (χ0) is 19.0. The summed E-state index contributed by atoms with van der Waals surface area (Å²) in [7, 11) is 1.20. The van der Waals surface area contributed by atoms with Crippen LogP contribution < -0.4 is 0 Å². The van der Waals surface area contributed by atoms with Gasteiger partial charge in [-0.3, -0.25) is 4.79 Å². The van der Waals surface area contributed by atoms with Crippen molar-refractivity contribution in [2.45, 2.75) is 25.5 Å². The lowest BCUT2D eigenvalue weighted by molar-refractivity contribution is -0.145. The number of likely N-dealkylation sites (tertiary alicyclic amines) is 1. The van der Waals surface area contributed by atoms with Crippen LogP contribution in [0.3, 0.4) is 0 Å². The van der Waals surface area contributed by atoms with Crippen LogP contribution in [0, 0.1) is 18.6 Å². The molecule has 1 aromatic heterocycles. The fourth-order valence-corrected chi connectivity index (χ4v) is 3.07. The number of aliphatic hydroxyl groups is 1. The Hall–Kier alpha value is -2.81. The topological polar surface area (TPSA) is 84.7 Å². The minimum Gasteiger partial charge on any atom is -0.467 e. The number of halogens is 2. The summed E-state index contributed by atoms with van der Waals surface area (Å²) >= 11 is 0. The molecule has 26 heavy (non-hydrogen) atoms. The fourth-order valence-electron chi connectivity index (χ4n) is 3.07. The molecule has 0 aliphatic carbocycles. The van der Waals surface area contributed by atoms with Gasteiger partial charge in [0.2, 0.25) is 0 Å². The molecule has 3 rings (SSSR count). The number of carbonyl (C=O) groups is 2. The summed E-state index contributed by atoms with van der Waals surface area (Å²) < 4.78 is 33.0. The first-order chi connectivity index (χ1) is 12.3. The largest absolute Gasteiger partial charge is 0.467 e. The number of hydrogen-bond acceptors (Lipinski definition) is 5. The molecular weight excluding hydrogens is 348 g/mol. The Morgan fingerprint density at radius 2 is 2.08 bits per heavy atom. The number of hydrogen-bond donors (Lipinski definition) is 1. The molecule has 2 heterocycles. The Balaban J connectivity index is 1.94. The highest BCUT2D eigenvalue weighted by Crippen LogP contribution is 2.24. The lowest BCUT2D eigenvalue weighted by Crippen LogP contribution is -2.41. The van der Waals surface area contributed by atoms with Crippen LogP contribution >= 0.6 is 0 Å². The lowest BCUT2D eigenvalue weighted by atomic mass is 10.2. The van der Waals surface area contributed by atoms with Gasteiger partial charge in [-0.15, -0.1) is 0 Å². The predicted molar refractivity (Wildman–Crippen MR) is 85.7 cm³/mol. The minimum absolute atomic E-state index is 0.00563. The molecular formula is C17H17F2N3O4. The number of β-amino-alcohol motifs (C(OH)–C–C–N with tert-alkyl or cyclic N) is 1. The standard InChI is InChI=1S/C17H17F2N3O4/c1-9-12(7-20-22(9)14-4-3-10(18)5-13(14)19)16(24)21-8-11(23)6-15(21)17(25)26-2/h3-5,7,11,15,23H,6,8H2,1-2H3/t11-,15+/m1/s1. The number of aromatic nitrogens is 2. The van der Waals surface area contributed by atoms with Gasteiger partial charge in [0.1, 0.15) is 17.5 Å². The summed E-state index contributed by atoms with van der Waals surface area (Å²) in [5.41, 5.74) is 0.469. The van der Waals surface area contributed by atoms with Crippen LogP contribution in [0.15, 0.2) is 24.4 Å². The average molecular weight is 365 g/mol. The van der Waals surface area contributed by atoms with Gasteiger partial charge >= 0.3 is 5.97 Å². The van der Waals surface area contributed by atoms with Gasteiger partial charge in [0, 0.05) is 19.0 Å². The van der Waals surface area contributed by atoms with E-state index in [0.717, 1.165) is 12.1 Å². The van der Waals surface area contributed by atoms with Crippen LogP contribution in [-0.4, -0.2) is 57.5 Å². The molecule has 1 saturated heterocycles. The van der Waals surface area contributed by atoms with E-state index < -0.39 is 35.7 Å². The maximum Gasteiger partial charge on any atom is 0.328 e. The summed E-state index contributed by atoms with van der Waals surface area (Å²) in [6, 6.07) is 2.14. The Morgan fingerprint density at radius 3 is 2.73 bits per heavy atom. The third-order valence-electron chi connectivity index (χ3n) is 4.39. The number of aliphatic hydroxyl groups excluding tert-OH is 1. The van der Waals surface area contributed by atoms with E-state index in [-0.39, 0.29) is 24.2 Å². The van der Waals surface area contributed by atoms with Crippen LogP contribution in [0.5, 0.6) is 0 Å². The second kappa shape index (κ2) is 6.83. The number of nitrogens with zero attached hydrogens (tertiary/aromatic N) is 3. The molecule has 7 nitrogen and oxygen atoms in total. The minimum atomic E-state index is -0.896. The van der Waals surface area contributed by atoms with Crippen molar-refractivity contribution in [3.8, 4) is 5.69 Å². The Labute approximate surface area is 147 Å². The second-order valence-corrected chi connectivity index (χ2v) is 6.04. The molecule has 0 radical (unpaired) electrons. The van der Waals surface area contributed by atoms with Crippen LogP contribution in [-0.2, 0) is 9.53 Å². The number of benzene rings is 1. The number of amides is 1. The van der Waals surface area contributed by atoms with Gasteiger partial charge in [-0.05, 0) is 19.1 Å². The first kappa shape index (κ1) is 18.0. The highest BCUT2D eigenvalue weighted by atomic mass is 19.1. The molecule has 1 fully saturated rings. The predicted octanol–water partition coefficient (Wildman–Crippen LogP) is 1.21. The molecule has 1 amide bonds. The average Bonchev–Trinajstić information content (AvgIpc) is 3.17. The monoisotopic (exact) mass is 365 g/mol. The zero-order valence-electron chi connectivity index (χ0n) is 14.1. The van der Waals surface area contributed by atoms with Crippen molar-refractivity contribution >= 4 is 11.9 Å². The summed E-state index contributed by atoms with van der Waals surface area (Å²) in [5.74, 6) is -2.69. The molecule has 1 aliphatic heterocycles. The lowest BCUT2D eigenvalue weighted by Gasteiger charge is -2.22. The van der Waals surface area contributed by atoms with Crippen molar-refractivity contribution in [1.82, 2.24) is 14.7 Å². The Morgan fingerprint density at radius 1 is 1.35 bits per heavy atom. The molecule has 2 aromatic rings. The zero-order valence-corrected chi connectivity index (χ0v) is 14.1. The molecule has 9 heteroatoms. The highest BCUT2D eigenvalue weighted by molar-refractivity contribution is 5.98. The maximum atomic E-state index is 14.0. The summed E-state index contributed by atoms with van der Waals surface area (Å²) in [6.45, 7) is 1.54. The van der Waals surface area contributed by atoms with E-state index in [1.807, 2.05) is 0 Å². The first-order valence-electron chi connectivity index (χ1n) is 7.90. The van der Waals surface area contributed by atoms with Crippen molar-refractivity contribution in [2.75, 3.05) is 13.7 Å². The number of ether oxygens (including phenoxy) is 1. The van der Waals surface area contributed by atoms with Crippen LogP contribution in [0.25, 0.3) is 5.69 Å². The van der Waals surface area contributed by atoms with Crippen molar-refractivity contribution in [3.05, 3.63) is 47.3 Å². The van der Waals surface area contributed by atoms with E-state index in [2.05, 4.69) is 9.84 Å². The molecule has 0 bridgehead atoms. The van der Waals surface area contributed by atoms with Gasteiger partial charge in [0.05, 0.1) is 30.7 Å². The smallest absolute Gasteiger partial charge is 0.328 e. The molecule has 2 atom stereocenters. The van der Waals surface area contributed by atoms with Gasteiger partial charge in [-0.2, -0.15) is 5.10 Å². The van der Waals surface area contributed by atoms with Gasteiger partial charge in [0.15, 0.2) is 5.82 Å². The molecule has 138 valence electrons. The maximum absolute atomic E-state index is 14.0. The second-order valence-electron chi connectivity index (χ2n) is 6.04. The van der Waals surface area contributed by atoms with Crippen LogP contribution in [0.1, 0.15) is 22.5 Å². The number of rotatable bonds is 3. The number of carbonyl (C=O) groups excluding carboxylic acids is 2. The third kappa shape index (κ3) is 3.05. The van der Waals surface area contributed by atoms with Gasteiger partial charge in [-0.1, -0.05) is 0 Å². The molecule has 0 unspecified atom stereocenters. The summed E-state index contributed by atoms with van der Waals surface area (Å²) in [6.07, 6.45) is 0.491. The third-order valence-corrected chi connectivity index (χ3v) is 4.39. The fraction of sp³-hybridized carbons (Fsp3) is 0.353. The Bertz CT molecular complexity index is 868. The van der Waals surface area contributed by atoms with Crippen molar-refractivity contribution < 1.29 is 28.2 Å². The highest BCUT2D eigenvalue weighted by Gasteiger charge is 2.40. The van der Waals surface area contributed by atoms with Crippen LogP contribution in [0.2, 0.25) is 0 Å². The first-order valence-corrected chi connectivity index (χ1v) is 7.90. The van der Waals surface area contributed by atoms with Crippen molar-refractivity contribution in [3.63, 3.8) is 0 Å². The van der Waals surface area contributed by atoms with E-state index in [1.54, 1.807) is 6.92 Å². The SMILES string of the molecule is COC(=O)[C@@H]1C[C@@H](O)CN1C(=O)c1cnn(-c2ccc(F)cc2F)c1C. The van der Waals surface area contributed by atoms with E-state index in [4.69, 9.17) is 0 Å². The molecule has 1 aromatic carbocycles. The molecule has 0 saturated carbocycles. The molecule has 1 aliphatic rings. The van der Waals surface area contributed by atoms with Crippen molar-refractivity contribution in [1.29, 1.82) is 0 Å². The summed E-state index contributed by atoms with van der Waals surface area (Å²) in [5, 5.41) is 13.8. The van der Waals surface area contributed by atoms with E-state index >= 15 is 0 Å². The normalized spacial score (nSPS) is 19.7. The van der Waals surface area contributed by atoms with Gasteiger partial charge in [0.25, 0.3) is 5.91 Å². The van der Waals surface area contributed by atoms with E-state index in [0.29, 0.717) is 5.69 Å².